The molecular weight excluding hydrogens is 200 g/mol. The van der Waals surface area contributed by atoms with E-state index in [4.69, 9.17) is 20.4 Å². The van der Waals surface area contributed by atoms with Crippen LogP contribution >= 0.6 is 0 Å². The molecule has 0 spiro atoms. The van der Waals surface area contributed by atoms with Gasteiger partial charge in [-0.1, -0.05) is 6.08 Å². The minimum atomic E-state index is -0.988. The van der Waals surface area contributed by atoms with E-state index in [1.165, 1.54) is 13.0 Å². The summed E-state index contributed by atoms with van der Waals surface area (Å²) in [5.74, 6) is -0.988. The molecule has 0 bridgehead atoms. The molecule has 88 valence electrons. The Bertz CT molecular complexity index is 222. The molecule has 0 heterocycles. The summed E-state index contributed by atoms with van der Waals surface area (Å²) in [7, 11) is 0. The Kier molecular flexibility index (Phi) is 6.15. The molecule has 0 saturated heterocycles. The lowest BCUT2D eigenvalue weighted by atomic mass is 9.85. The van der Waals surface area contributed by atoms with Gasteiger partial charge in [0.1, 0.15) is 0 Å². The van der Waals surface area contributed by atoms with E-state index in [0.29, 0.717) is 12.8 Å². The van der Waals surface area contributed by atoms with Gasteiger partial charge in [0.25, 0.3) is 0 Å². The summed E-state index contributed by atoms with van der Waals surface area (Å²) in [6.07, 6.45) is 2.26. The van der Waals surface area contributed by atoms with Gasteiger partial charge in [-0.15, -0.1) is 0 Å². The molecule has 0 atom stereocenters. The van der Waals surface area contributed by atoms with Crippen molar-refractivity contribution in [2.24, 2.45) is 5.41 Å². The minimum Gasteiger partial charge on any atom is -0.478 e. The van der Waals surface area contributed by atoms with Crippen molar-refractivity contribution >= 4 is 5.97 Å². The van der Waals surface area contributed by atoms with Crippen molar-refractivity contribution in [2.45, 2.75) is 19.8 Å². The summed E-state index contributed by atoms with van der Waals surface area (Å²) in [6, 6.07) is 0. The first-order valence-corrected chi connectivity index (χ1v) is 4.74. The van der Waals surface area contributed by atoms with Crippen LogP contribution in [0.25, 0.3) is 0 Å². The quantitative estimate of drug-likeness (QED) is 0.442. The average molecular weight is 218 g/mol. The van der Waals surface area contributed by atoms with Gasteiger partial charge in [0.15, 0.2) is 0 Å². The Labute approximate surface area is 88.7 Å². The monoisotopic (exact) mass is 218 g/mol. The van der Waals surface area contributed by atoms with Crippen LogP contribution in [0.4, 0.5) is 0 Å². The standard InChI is InChI=1S/C10H18O5/c1-8(9(14)15)3-2-4-10(5-11,6-12)7-13/h3,11-13H,2,4-7H2,1H3,(H,14,15)/b8-3+. The first kappa shape index (κ1) is 14.1. The van der Waals surface area contributed by atoms with E-state index in [0.717, 1.165) is 0 Å². The number of aliphatic carboxylic acids is 1. The lowest BCUT2D eigenvalue weighted by Gasteiger charge is -2.26. The Balaban J connectivity index is 4.23. The summed E-state index contributed by atoms with van der Waals surface area (Å²) in [4.78, 5) is 10.4. The number of carboxylic acid groups (broad SMARTS) is 1. The summed E-state index contributed by atoms with van der Waals surface area (Å²) in [6.45, 7) is 0.515. The number of rotatable bonds is 7. The second kappa shape index (κ2) is 6.55. The molecule has 0 saturated carbocycles. The molecule has 0 unspecified atom stereocenters. The Morgan fingerprint density at radius 2 is 1.67 bits per heavy atom. The summed E-state index contributed by atoms with van der Waals surface area (Å²) in [5.41, 5.74) is -0.701. The van der Waals surface area contributed by atoms with Crippen LogP contribution in [-0.4, -0.2) is 46.2 Å². The normalized spacial score (nSPS) is 12.9. The smallest absolute Gasteiger partial charge is 0.330 e. The van der Waals surface area contributed by atoms with E-state index in [2.05, 4.69) is 0 Å². The van der Waals surface area contributed by atoms with E-state index in [1.54, 1.807) is 0 Å². The zero-order valence-electron chi connectivity index (χ0n) is 8.81. The maximum atomic E-state index is 10.4. The topological polar surface area (TPSA) is 98.0 Å². The van der Waals surface area contributed by atoms with E-state index in [9.17, 15) is 4.79 Å². The highest BCUT2D eigenvalue weighted by atomic mass is 16.4. The van der Waals surface area contributed by atoms with Crippen molar-refractivity contribution < 1.29 is 25.2 Å². The Morgan fingerprint density at radius 3 is 2.00 bits per heavy atom. The van der Waals surface area contributed by atoms with Crippen LogP contribution in [0, 0.1) is 5.41 Å². The van der Waals surface area contributed by atoms with Crippen molar-refractivity contribution in [1.29, 1.82) is 0 Å². The number of carbonyl (C=O) groups is 1. The highest BCUT2D eigenvalue weighted by Crippen LogP contribution is 2.22. The van der Waals surface area contributed by atoms with Gasteiger partial charge in [-0.25, -0.2) is 4.79 Å². The van der Waals surface area contributed by atoms with Crippen LogP contribution in [0.3, 0.4) is 0 Å². The largest absolute Gasteiger partial charge is 0.478 e. The number of hydrogen-bond acceptors (Lipinski definition) is 4. The molecule has 0 rings (SSSR count). The molecule has 4 N–H and O–H groups in total. The van der Waals surface area contributed by atoms with Gasteiger partial charge in [0.05, 0.1) is 19.8 Å². The second-order valence-corrected chi connectivity index (χ2v) is 3.71. The van der Waals surface area contributed by atoms with E-state index in [1.807, 2.05) is 0 Å². The van der Waals surface area contributed by atoms with E-state index in [-0.39, 0.29) is 25.4 Å². The van der Waals surface area contributed by atoms with Gasteiger partial charge in [-0.05, 0) is 19.8 Å². The third-order valence-electron chi connectivity index (χ3n) is 2.47. The molecule has 5 heteroatoms. The van der Waals surface area contributed by atoms with Crippen LogP contribution in [0.5, 0.6) is 0 Å². The molecule has 0 aliphatic heterocycles. The zero-order valence-corrected chi connectivity index (χ0v) is 8.81. The average Bonchev–Trinajstić information content (AvgIpc) is 2.24. The molecule has 0 aromatic carbocycles. The lowest BCUT2D eigenvalue weighted by Crippen LogP contribution is -2.33. The Hall–Kier alpha value is -0.910. The van der Waals surface area contributed by atoms with Gasteiger partial charge in [0, 0.05) is 11.0 Å². The molecule has 0 amide bonds. The maximum Gasteiger partial charge on any atom is 0.330 e. The summed E-state index contributed by atoms with van der Waals surface area (Å²) < 4.78 is 0. The molecule has 0 aromatic heterocycles. The summed E-state index contributed by atoms with van der Waals surface area (Å²) in [5, 5.41) is 35.5. The molecule has 0 aliphatic rings. The molecule has 15 heavy (non-hydrogen) atoms. The van der Waals surface area contributed by atoms with E-state index < -0.39 is 11.4 Å². The van der Waals surface area contributed by atoms with Crippen LogP contribution in [0.15, 0.2) is 11.6 Å². The number of hydrogen-bond donors (Lipinski definition) is 4. The summed E-state index contributed by atoms with van der Waals surface area (Å²) >= 11 is 0. The van der Waals surface area contributed by atoms with Crippen LogP contribution in [0.2, 0.25) is 0 Å². The third kappa shape index (κ3) is 4.42. The molecular formula is C10H18O5. The van der Waals surface area contributed by atoms with Crippen LogP contribution in [0.1, 0.15) is 19.8 Å². The highest BCUT2D eigenvalue weighted by Gasteiger charge is 2.26. The van der Waals surface area contributed by atoms with Gasteiger partial charge < -0.3 is 20.4 Å². The van der Waals surface area contributed by atoms with Gasteiger partial charge in [0.2, 0.25) is 0 Å². The number of allylic oxidation sites excluding steroid dienone is 1. The number of aliphatic hydroxyl groups is 3. The van der Waals surface area contributed by atoms with Crippen molar-refractivity contribution in [3.05, 3.63) is 11.6 Å². The molecule has 5 nitrogen and oxygen atoms in total. The van der Waals surface area contributed by atoms with E-state index >= 15 is 0 Å². The molecule has 0 fully saturated rings. The highest BCUT2D eigenvalue weighted by molar-refractivity contribution is 5.85. The van der Waals surface area contributed by atoms with Crippen molar-refractivity contribution in [3.63, 3.8) is 0 Å². The van der Waals surface area contributed by atoms with Crippen LogP contribution in [-0.2, 0) is 4.79 Å². The first-order valence-electron chi connectivity index (χ1n) is 4.74. The predicted octanol–water partition coefficient (Wildman–Crippen LogP) is -0.239. The lowest BCUT2D eigenvalue weighted by molar-refractivity contribution is -0.132. The van der Waals surface area contributed by atoms with Crippen molar-refractivity contribution in [3.8, 4) is 0 Å². The molecule has 0 radical (unpaired) electrons. The van der Waals surface area contributed by atoms with Gasteiger partial charge >= 0.3 is 5.97 Å². The fraction of sp³-hybridized carbons (Fsp3) is 0.700. The zero-order chi connectivity index (χ0) is 11.9. The minimum absolute atomic E-state index is 0.220. The van der Waals surface area contributed by atoms with Gasteiger partial charge in [-0.3, -0.25) is 0 Å². The number of carboxylic acids is 1. The fourth-order valence-electron chi connectivity index (χ4n) is 1.07. The molecule has 0 aliphatic carbocycles. The Morgan fingerprint density at radius 1 is 1.20 bits per heavy atom. The number of aliphatic hydroxyl groups excluding tert-OH is 3. The maximum absolute atomic E-state index is 10.4. The second-order valence-electron chi connectivity index (χ2n) is 3.71. The fourth-order valence-corrected chi connectivity index (χ4v) is 1.07. The van der Waals surface area contributed by atoms with Crippen LogP contribution < -0.4 is 0 Å². The third-order valence-corrected chi connectivity index (χ3v) is 2.47. The van der Waals surface area contributed by atoms with Crippen molar-refractivity contribution in [2.75, 3.05) is 19.8 Å². The van der Waals surface area contributed by atoms with Crippen molar-refractivity contribution in [1.82, 2.24) is 0 Å². The molecule has 0 aromatic rings. The predicted molar refractivity (Wildman–Crippen MR) is 54.3 cm³/mol. The van der Waals surface area contributed by atoms with Gasteiger partial charge in [-0.2, -0.15) is 0 Å². The first-order chi connectivity index (χ1) is 7.01. The SMILES string of the molecule is C/C(=C\CCC(CO)(CO)CO)C(=O)O.